The van der Waals surface area contributed by atoms with Crippen molar-refractivity contribution in [2.24, 2.45) is 0 Å². The van der Waals surface area contributed by atoms with Gasteiger partial charge < -0.3 is 24.4 Å². The highest BCUT2D eigenvalue weighted by atomic mass is 16.5. The van der Waals surface area contributed by atoms with Crippen LogP contribution in [0.15, 0.2) is 18.2 Å². The van der Waals surface area contributed by atoms with Gasteiger partial charge in [0.1, 0.15) is 5.52 Å². The zero-order valence-electron chi connectivity index (χ0n) is 14.0. The Labute approximate surface area is 141 Å². The van der Waals surface area contributed by atoms with E-state index in [0.717, 1.165) is 61.8 Å². The average molecular weight is 329 g/mol. The highest BCUT2D eigenvalue weighted by Crippen LogP contribution is 2.41. The maximum absolute atomic E-state index is 10.9. The van der Waals surface area contributed by atoms with Crippen molar-refractivity contribution in [2.75, 3.05) is 62.4 Å². The molecule has 3 heterocycles. The van der Waals surface area contributed by atoms with Crippen molar-refractivity contribution in [1.82, 2.24) is 4.98 Å². The maximum atomic E-state index is 10.9. The lowest BCUT2D eigenvalue weighted by Crippen LogP contribution is -2.38. The molecule has 24 heavy (non-hydrogen) atoms. The molecule has 2 saturated heterocycles. The number of pyridine rings is 1. The van der Waals surface area contributed by atoms with E-state index < -0.39 is 0 Å². The number of nitrogens with zero attached hydrogens (tertiary/aromatic N) is 3. The van der Waals surface area contributed by atoms with Crippen LogP contribution >= 0.6 is 0 Å². The number of phenols is 1. The summed E-state index contributed by atoms with van der Waals surface area (Å²) in [6.07, 6.45) is 0. The van der Waals surface area contributed by atoms with Crippen LogP contribution < -0.4 is 9.80 Å². The largest absolute Gasteiger partial charge is 0.504 e. The molecule has 2 aliphatic rings. The third kappa shape index (κ3) is 2.76. The molecule has 6 heteroatoms. The van der Waals surface area contributed by atoms with Crippen LogP contribution in [0.3, 0.4) is 0 Å². The third-order valence-corrected chi connectivity index (χ3v) is 4.75. The second-order valence-electron chi connectivity index (χ2n) is 6.31. The van der Waals surface area contributed by atoms with Gasteiger partial charge >= 0.3 is 0 Å². The van der Waals surface area contributed by atoms with Gasteiger partial charge in [-0.05, 0) is 25.1 Å². The van der Waals surface area contributed by atoms with Crippen LogP contribution in [0, 0.1) is 6.92 Å². The van der Waals surface area contributed by atoms with Crippen LogP contribution in [0.25, 0.3) is 10.9 Å². The number of phenolic OH excluding ortho intramolecular Hbond substituents is 1. The molecular formula is C18H23N3O3. The number of anilines is 2. The van der Waals surface area contributed by atoms with Crippen LogP contribution in [0.1, 0.15) is 5.69 Å². The lowest BCUT2D eigenvalue weighted by Gasteiger charge is -2.33. The van der Waals surface area contributed by atoms with Gasteiger partial charge in [0, 0.05) is 42.9 Å². The summed E-state index contributed by atoms with van der Waals surface area (Å²) >= 11 is 0. The molecule has 4 rings (SSSR count). The molecule has 1 N–H and O–H groups in total. The number of aromatic nitrogens is 1. The number of fused-ring (bicyclic) bond motifs is 1. The maximum Gasteiger partial charge on any atom is 0.165 e. The average Bonchev–Trinajstić information content (AvgIpc) is 2.64. The molecule has 0 bridgehead atoms. The Bertz CT molecular complexity index is 738. The number of aromatic hydroxyl groups is 1. The zero-order valence-corrected chi connectivity index (χ0v) is 14.0. The fraction of sp³-hybridized carbons (Fsp3) is 0.500. The first-order valence-electron chi connectivity index (χ1n) is 8.53. The first kappa shape index (κ1) is 15.5. The Kier molecular flexibility index (Phi) is 4.16. The summed E-state index contributed by atoms with van der Waals surface area (Å²) in [5.74, 6) is 0.271. The predicted molar refractivity (Wildman–Crippen MR) is 94.2 cm³/mol. The van der Waals surface area contributed by atoms with Gasteiger partial charge in [0.15, 0.2) is 5.75 Å². The summed E-state index contributed by atoms with van der Waals surface area (Å²) < 4.78 is 10.9. The summed E-state index contributed by atoms with van der Waals surface area (Å²) in [7, 11) is 0. The molecule has 128 valence electrons. The Balaban J connectivity index is 1.87. The monoisotopic (exact) mass is 329 g/mol. The topological polar surface area (TPSA) is 58.1 Å². The van der Waals surface area contributed by atoms with Crippen LogP contribution in [-0.2, 0) is 9.47 Å². The van der Waals surface area contributed by atoms with E-state index in [1.807, 2.05) is 13.0 Å². The van der Waals surface area contributed by atoms with Gasteiger partial charge in [-0.1, -0.05) is 0 Å². The fourth-order valence-electron chi connectivity index (χ4n) is 3.45. The second kappa shape index (κ2) is 6.45. The number of ether oxygens (including phenoxy) is 2. The fourth-order valence-corrected chi connectivity index (χ4v) is 3.45. The van der Waals surface area contributed by atoms with Gasteiger partial charge in [0.2, 0.25) is 0 Å². The highest BCUT2D eigenvalue weighted by Gasteiger charge is 2.23. The summed E-state index contributed by atoms with van der Waals surface area (Å²) in [6.45, 7) is 8.07. The SMILES string of the molecule is Cc1ccc2c(N3CCOCC3)cc(N3CCOCC3)c(O)c2n1. The van der Waals surface area contributed by atoms with E-state index in [0.29, 0.717) is 18.7 Å². The quantitative estimate of drug-likeness (QED) is 0.908. The van der Waals surface area contributed by atoms with Crippen LogP contribution in [0.4, 0.5) is 11.4 Å². The number of hydrogen-bond acceptors (Lipinski definition) is 6. The van der Waals surface area contributed by atoms with Crippen LogP contribution in [-0.4, -0.2) is 62.7 Å². The molecule has 0 aliphatic carbocycles. The third-order valence-electron chi connectivity index (χ3n) is 4.75. The first-order valence-corrected chi connectivity index (χ1v) is 8.53. The number of benzene rings is 1. The number of aryl methyl sites for hydroxylation is 1. The number of morpholine rings is 2. The lowest BCUT2D eigenvalue weighted by atomic mass is 10.1. The second-order valence-corrected chi connectivity index (χ2v) is 6.31. The molecule has 0 spiro atoms. The van der Waals surface area contributed by atoms with Gasteiger partial charge in [-0.25, -0.2) is 4.98 Å². The summed E-state index contributed by atoms with van der Waals surface area (Å²) in [5, 5.41) is 11.9. The van der Waals surface area contributed by atoms with Crippen molar-refractivity contribution in [1.29, 1.82) is 0 Å². The van der Waals surface area contributed by atoms with E-state index in [2.05, 4.69) is 26.9 Å². The normalized spacial score (nSPS) is 19.0. The van der Waals surface area contributed by atoms with Crippen molar-refractivity contribution in [3.05, 3.63) is 23.9 Å². The van der Waals surface area contributed by atoms with Crippen molar-refractivity contribution >= 4 is 22.3 Å². The Morgan fingerprint density at radius 1 is 0.917 bits per heavy atom. The van der Waals surface area contributed by atoms with Gasteiger partial charge in [0.25, 0.3) is 0 Å². The minimum absolute atomic E-state index is 0.271. The van der Waals surface area contributed by atoms with Crippen LogP contribution in [0.5, 0.6) is 5.75 Å². The minimum Gasteiger partial charge on any atom is -0.504 e. The zero-order chi connectivity index (χ0) is 16.5. The Morgan fingerprint density at radius 2 is 1.50 bits per heavy atom. The minimum atomic E-state index is 0.271. The molecule has 2 aromatic rings. The van der Waals surface area contributed by atoms with Crippen LogP contribution in [0.2, 0.25) is 0 Å². The Hall–Kier alpha value is -2.05. The number of hydrogen-bond donors (Lipinski definition) is 1. The first-order chi connectivity index (χ1) is 11.7. The van der Waals surface area contributed by atoms with Gasteiger partial charge in [-0.2, -0.15) is 0 Å². The molecule has 2 fully saturated rings. The van der Waals surface area contributed by atoms with Crippen molar-refractivity contribution < 1.29 is 14.6 Å². The van der Waals surface area contributed by atoms with Gasteiger partial charge in [0.05, 0.1) is 32.1 Å². The van der Waals surface area contributed by atoms with Crippen molar-refractivity contribution in [2.45, 2.75) is 6.92 Å². The summed E-state index contributed by atoms with van der Waals surface area (Å²) in [6, 6.07) is 6.16. The van der Waals surface area contributed by atoms with E-state index in [4.69, 9.17) is 9.47 Å². The molecule has 0 atom stereocenters. The molecule has 0 unspecified atom stereocenters. The molecule has 1 aromatic heterocycles. The predicted octanol–water partition coefficient (Wildman–Crippen LogP) is 1.92. The van der Waals surface area contributed by atoms with Gasteiger partial charge in [-0.3, -0.25) is 0 Å². The van der Waals surface area contributed by atoms with E-state index >= 15 is 0 Å². The van der Waals surface area contributed by atoms with E-state index in [1.54, 1.807) is 0 Å². The molecule has 0 amide bonds. The summed E-state index contributed by atoms with van der Waals surface area (Å²) in [4.78, 5) is 9.13. The van der Waals surface area contributed by atoms with Gasteiger partial charge in [-0.15, -0.1) is 0 Å². The molecule has 1 aromatic carbocycles. The van der Waals surface area contributed by atoms with E-state index in [-0.39, 0.29) is 5.75 Å². The molecule has 6 nitrogen and oxygen atoms in total. The number of rotatable bonds is 2. The smallest absolute Gasteiger partial charge is 0.165 e. The summed E-state index contributed by atoms with van der Waals surface area (Å²) in [5.41, 5.74) is 3.57. The lowest BCUT2D eigenvalue weighted by molar-refractivity contribution is 0.122. The molecular weight excluding hydrogens is 306 g/mol. The van der Waals surface area contributed by atoms with E-state index in [9.17, 15) is 5.11 Å². The standard InChI is InChI=1S/C18H23N3O3/c1-13-2-3-14-15(20-4-8-23-9-5-20)12-16(18(22)17(14)19-13)21-6-10-24-11-7-21/h2-3,12,22H,4-11H2,1H3. The molecule has 0 saturated carbocycles. The highest BCUT2D eigenvalue weighted by molar-refractivity contribution is 6.00. The molecule has 2 aliphatic heterocycles. The van der Waals surface area contributed by atoms with Crippen molar-refractivity contribution in [3.8, 4) is 5.75 Å². The molecule has 0 radical (unpaired) electrons. The Morgan fingerprint density at radius 3 is 2.12 bits per heavy atom. The van der Waals surface area contributed by atoms with Crippen molar-refractivity contribution in [3.63, 3.8) is 0 Å². The van der Waals surface area contributed by atoms with E-state index in [1.165, 1.54) is 0 Å².